The van der Waals surface area contributed by atoms with E-state index >= 15 is 0 Å². The molecule has 1 saturated heterocycles. The molecule has 2 N–H and O–H groups in total. The largest absolute Gasteiger partial charge is 0.439 e. The van der Waals surface area contributed by atoms with E-state index in [9.17, 15) is 18.0 Å². The number of hydrogen-bond acceptors (Lipinski definition) is 4. The van der Waals surface area contributed by atoms with E-state index in [-0.39, 0.29) is 12.4 Å². The summed E-state index contributed by atoms with van der Waals surface area (Å²) in [5.41, 5.74) is 0.699. The normalized spacial score (nSPS) is 18.8. The summed E-state index contributed by atoms with van der Waals surface area (Å²) in [6.45, 7) is -0.311. The molecule has 0 radical (unpaired) electrons. The summed E-state index contributed by atoms with van der Waals surface area (Å²) in [5.74, 6) is -2.91. The highest BCUT2D eigenvalue weighted by Crippen LogP contribution is 2.25. The van der Waals surface area contributed by atoms with Crippen LogP contribution in [0.3, 0.4) is 0 Å². The highest BCUT2D eigenvalue weighted by atomic mass is 19.3. The average Bonchev–Trinajstić information content (AvgIpc) is 2.96. The number of nitrogens with one attached hydrogen (secondary N) is 2. The van der Waals surface area contributed by atoms with Crippen molar-refractivity contribution in [3.05, 3.63) is 54.0 Å². The van der Waals surface area contributed by atoms with Crippen molar-refractivity contribution in [2.24, 2.45) is 0 Å². The van der Waals surface area contributed by atoms with E-state index in [1.807, 2.05) is 0 Å². The first-order valence-electron chi connectivity index (χ1n) is 7.69. The van der Waals surface area contributed by atoms with Crippen LogP contribution in [-0.4, -0.2) is 29.4 Å². The van der Waals surface area contributed by atoms with Crippen LogP contribution in [0.2, 0.25) is 0 Å². The molecular weight excluding hydrogens is 335 g/mol. The second-order valence-electron chi connectivity index (χ2n) is 5.77. The summed E-state index contributed by atoms with van der Waals surface area (Å²) in [6, 6.07) is 7.93. The number of halogens is 3. The van der Waals surface area contributed by atoms with Gasteiger partial charge in [-0.25, -0.2) is 18.2 Å². The molecule has 8 heteroatoms. The van der Waals surface area contributed by atoms with E-state index in [1.165, 1.54) is 30.5 Å². The number of aromatic nitrogens is 1. The third-order valence-corrected chi connectivity index (χ3v) is 3.73. The minimum absolute atomic E-state index is 0.173. The van der Waals surface area contributed by atoms with Gasteiger partial charge in [-0.15, -0.1) is 0 Å². The van der Waals surface area contributed by atoms with Gasteiger partial charge in [-0.3, -0.25) is 10.1 Å². The molecule has 5 nitrogen and oxygen atoms in total. The molecule has 1 atom stereocenters. The van der Waals surface area contributed by atoms with Crippen molar-refractivity contribution in [2.75, 3.05) is 6.54 Å². The molecule has 1 aliphatic heterocycles. The van der Waals surface area contributed by atoms with Gasteiger partial charge in [0.15, 0.2) is 0 Å². The van der Waals surface area contributed by atoms with E-state index in [0.717, 1.165) is 0 Å². The van der Waals surface area contributed by atoms with Gasteiger partial charge in [0.1, 0.15) is 11.6 Å². The molecule has 1 amide bonds. The van der Waals surface area contributed by atoms with Crippen LogP contribution in [0.5, 0.6) is 11.6 Å². The summed E-state index contributed by atoms with van der Waals surface area (Å²) >= 11 is 0. The van der Waals surface area contributed by atoms with E-state index in [1.54, 1.807) is 12.1 Å². The molecule has 0 aliphatic carbocycles. The number of alkyl halides is 2. The van der Waals surface area contributed by atoms with Gasteiger partial charge in [0.25, 0.3) is 5.92 Å². The molecule has 25 heavy (non-hydrogen) atoms. The number of nitrogens with zero attached hydrogens (tertiary/aromatic N) is 1. The fourth-order valence-electron chi connectivity index (χ4n) is 2.41. The summed E-state index contributed by atoms with van der Waals surface area (Å²) in [5, 5.41) is 5.10. The second-order valence-corrected chi connectivity index (χ2v) is 5.77. The molecule has 2 aromatic rings. The van der Waals surface area contributed by atoms with Crippen molar-refractivity contribution >= 4 is 5.91 Å². The van der Waals surface area contributed by atoms with Crippen molar-refractivity contribution in [3.63, 3.8) is 0 Å². The lowest BCUT2D eigenvalue weighted by molar-refractivity contribution is -0.123. The lowest BCUT2D eigenvalue weighted by Crippen LogP contribution is -2.40. The Bertz CT molecular complexity index is 736. The zero-order chi connectivity index (χ0) is 17.9. The molecule has 1 fully saturated rings. The number of carbonyl (C=O) groups excluding carboxylic acids is 1. The van der Waals surface area contributed by atoms with Gasteiger partial charge in [-0.2, -0.15) is 0 Å². The molecule has 1 aromatic heterocycles. The lowest BCUT2D eigenvalue weighted by atomic mass is 10.2. The molecule has 0 saturated carbocycles. The minimum Gasteiger partial charge on any atom is -0.439 e. The van der Waals surface area contributed by atoms with Crippen LogP contribution in [0, 0.1) is 5.82 Å². The third-order valence-electron chi connectivity index (χ3n) is 3.73. The number of ether oxygens (including phenoxy) is 1. The van der Waals surface area contributed by atoms with Gasteiger partial charge in [0, 0.05) is 25.2 Å². The summed E-state index contributed by atoms with van der Waals surface area (Å²) < 4.78 is 44.4. The average molecular weight is 351 g/mol. The molecule has 1 unspecified atom stereocenters. The van der Waals surface area contributed by atoms with Gasteiger partial charge in [-0.05, 0) is 29.8 Å². The van der Waals surface area contributed by atoms with Gasteiger partial charge in [-0.1, -0.05) is 6.07 Å². The number of amides is 1. The maximum atomic E-state index is 13.1. The Kier molecular flexibility index (Phi) is 4.89. The lowest BCUT2D eigenvalue weighted by Gasteiger charge is -2.11. The summed E-state index contributed by atoms with van der Waals surface area (Å²) in [4.78, 5) is 16.0. The Morgan fingerprint density at radius 2 is 2.04 bits per heavy atom. The molecular formula is C17H16F3N3O2. The predicted molar refractivity (Wildman–Crippen MR) is 83.9 cm³/mol. The van der Waals surface area contributed by atoms with Crippen LogP contribution in [0.15, 0.2) is 42.6 Å². The Hall–Kier alpha value is -2.61. The standard InChI is InChI=1S/C17H16F3N3O2/c18-12-2-4-13(5-3-12)25-15-6-1-11(8-21-15)9-22-16(24)14-7-17(19,20)10-23-14/h1-6,8,14,23H,7,9-10H2,(H,22,24). The van der Waals surface area contributed by atoms with E-state index < -0.39 is 30.8 Å². The van der Waals surface area contributed by atoms with Gasteiger partial charge in [0.05, 0.1) is 12.6 Å². The summed E-state index contributed by atoms with van der Waals surface area (Å²) in [6.07, 6.45) is 1.01. The Morgan fingerprint density at radius 1 is 1.28 bits per heavy atom. The Morgan fingerprint density at radius 3 is 2.64 bits per heavy atom. The number of pyridine rings is 1. The topological polar surface area (TPSA) is 63.2 Å². The van der Waals surface area contributed by atoms with E-state index in [2.05, 4.69) is 15.6 Å². The zero-order valence-corrected chi connectivity index (χ0v) is 13.1. The molecule has 2 heterocycles. The van der Waals surface area contributed by atoms with Crippen molar-refractivity contribution in [1.29, 1.82) is 0 Å². The third kappa shape index (κ3) is 4.69. The van der Waals surface area contributed by atoms with E-state index in [0.29, 0.717) is 17.2 Å². The van der Waals surface area contributed by atoms with Crippen molar-refractivity contribution in [1.82, 2.24) is 15.6 Å². The van der Waals surface area contributed by atoms with Crippen molar-refractivity contribution in [2.45, 2.75) is 24.9 Å². The van der Waals surface area contributed by atoms with Gasteiger partial charge in [0.2, 0.25) is 11.8 Å². The number of hydrogen-bond donors (Lipinski definition) is 2. The maximum absolute atomic E-state index is 13.1. The van der Waals surface area contributed by atoms with Crippen LogP contribution >= 0.6 is 0 Å². The zero-order valence-electron chi connectivity index (χ0n) is 13.1. The fraction of sp³-hybridized carbons (Fsp3) is 0.294. The molecule has 1 aliphatic rings. The van der Waals surface area contributed by atoms with Crippen LogP contribution in [0.25, 0.3) is 0 Å². The van der Waals surface area contributed by atoms with Crippen LogP contribution in [0.1, 0.15) is 12.0 Å². The molecule has 1 aromatic carbocycles. The first-order chi connectivity index (χ1) is 11.9. The first kappa shape index (κ1) is 17.2. The predicted octanol–water partition coefficient (Wildman–Crippen LogP) is 2.63. The highest BCUT2D eigenvalue weighted by Gasteiger charge is 2.42. The van der Waals surface area contributed by atoms with Crippen molar-refractivity contribution in [3.8, 4) is 11.6 Å². The van der Waals surface area contributed by atoms with Gasteiger partial charge >= 0.3 is 0 Å². The van der Waals surface area contributed by atoms with Crippen LogP contribution in [-0.2, 0) is 11.3 Å². The second kappa shape index (κ2) is 7.10. The molecule has 0 spiro atoms. The van der Waals surface area contributed by atoms with Crippen LogP contribution in [0.4, 0.5) is 13.2 Å². The smallest absolute Gasteiger partial charge is 0.262 e. The fourth-order valence-corrected chi connectivity index (χ4v) is 2.41. The first-order valence-corrected chi connectivity index (χ1v) is 7.69. The minimum atomic E-state index is -2.84. The summed E-state index contributed by atoms with van der Waals surface area (Å²) in [7, 11) is 0. The van der Waals surface area contributed by atoms with Gasteiger partial charge < -0.3 is 10.1 Å². The highest BCUT2D eigenvalue weighted by molar-refractivity contribution is 5.82. The maximum Gasteiger partial charge on any atom is 0.262 e. The monoisotopic (exact) mass is 351 g/mol. The quantitative estimate of drug-likeness (QED) is 0.869. The molecule has 0 bridgehead atoms. The number of rotatable bonds is 5. The Balaban J connectivity index is 1.51. The molecule has 132 valence electrons. The van der Waals surface area contributed by atoms with E-state index in [4.69, 9.17) is 4.74 Å². The number of carbonyl (C=O) groups is 1. The van der Waals surface area contributed by atoms with Crippen molar-refractivity contribution < 1.29 is 22.7 Å². The van der Waals surface area contributed by atoms with Crippen LogP contribution < -0.4 is 15.4 Å². The molecule has 3 rings (SSSR count). The Labute approximate surface area is 142 Å². The number of benzene rings is 1. The SMILES string of the molecule is O=C(NCc1ccc(Oc2ccc(F)cc2)nc1)C1CC(F)(F)CN1.